The van der Waals surface area contributed by atoms with Crippen LogP contribution in [-0.2, 0) is 31.6 Å². The van der Waals surface area contributed by atoms with Crippen LogP contribution in [0.1, 0.15) is 13.2 Å². The number of aliphatic hydroxyl groups excluding tert-OH is 1. The fourth-order valence-corrected chi connectivity index (χ4v) is 6.32. The molecular weight excluding hydrogens is 553 g/mol. The SMILES string of the molecule is C[C@]1(F)C(n2cnc3c(=O)[nH]c(N)nc32)O[C@](CF)(COP(=O)(O)OP(=O)(O)OP(=O)(O)O)[C@H]1O. The molecule has 0 aromatic carbocycles. The highest BCUT2D eigenvalue weighted by Crippen LogP contribution is 2.66. The predicted molar refractivity (Wildman–Crippen MR) is 107 cm³/mol. The molecule has 1 saturated heterocycles. The third kappa shape index (κ3) is 5.69. The van der Waals surface area contributed by atoms with E-state index in [0.29, 0.717) is 0 Å². The first-order chi connectivity index (χ1) is 15.8. The Kier molecular flexibility index (Phi) is 7.20. The first-order valence-corrected chi connectivity index (χ1v) is 13.5. The number of phosphoric acid groups is 3. The number of aromatic amines is 1. The summed E-state index contributed by atoms with van der Waals surface area (Å²) < 4.78 is 81.2. The number of alkyl halides is 2. The molecule has 2 aromatic heterocycles. The highest BCUT2D eigenvalue weighted by Gasteiger charge is 2.64. The minimum atomic E-state index is -5.89. The second kappa shape index (κ2) is 9.02. The number of hydrogen-bond acceptors (Lipinski definition) is 12. The zero-order valence-corrected chi connectivity index (χ0v) is 19.8. The summed E-state index contributed by atoms with van der Waals surface area (Å²) in [6.07, 6.45) is -3.52. The number of nitrogens with zero attached hydrogens (tertiary/aromatic N) is 3. The van der Waals surface area contributed by atoms with E-state index in [0.717, 1.165) is 17.8 Å². The third-order valence-corrected chi connectivity index (χ3v) is 8.46. The maximum atomic E-state index is 15.6. The summed E-state index contributed by atoms with van der Waals surface area (Å²) in [5.41, 5.74) is -1.63. The van der Waals surface area contributed by atoms with Crippen molar-refractivity contribution in [2.24, 2.45) is 0 Å². The van der Waals surface area contributed by atoms with Crippen LogP contribution in [0.4, 0.5) is 14.7 Å². The number of fused-ring (bicyclic) bond motifs is 1. The van der Waals surface area contributed by atoms with E-state index in [4.69, 9.17) is 20.3 Å². The molecule has 0 aliphatic carbocycles. The highest BCUT2D eigenvalue weighted by atomic mass is 31.3. The van der Waals surface area contributed by atoms with Crippen LogP contribution >= 0.6 is 23.5 Å². The summed E-state index contributed by atoms with van der Waals surface area (Å²) >= 11 is 0. The van der Waals surface area contributed by atoms with E-state index < -0.39 is 71.9 Å². The Labute approximate surface area is 192 Å². The Morgan fingerprint density at radius 1 is 1.26 bits per heavy atom. The molecule has 1 fully saturated rings. The minimum absolute atomic E-state index is 0.320. The number of aromatic nitrogens is 4. The molecule has 0 radical (unpaired) electrons. The molecule has 1 aliphatic rings. The first-order valence-electron chi connectivity index (χ1n) is 8.94. The van der Waals surface area contributed by atoms with Crippen LogP contribution in [0.25, 0.3) is 11.2 Å². The van der Waals surface area contributed by atoms with E-state index in [-0.39, 0.29) is 11.2 Å². The quantitative estimate of drug-likeness (QED) is 0.184. The Balaban J connectivity index is 1.89. The molecule has 0 bridgehead atoms. The minimum Gasteiger partial charge on any atom is -0.386 e. The standard InChI is InChI=1S/C12H18F2N5O13P3/c1-11(14)8(21)12(2-13,3-29-34(25,26)32-35(27,28)31-33(22,23)24)30-9(11)19-4-16-5-6(19)17-10(15)18-7(5)20/h4,8-9,21H,2-3H2,1H3,(H,25,26)(H,27,28)(H2,22,23,24)(H3,15,17,18,20)/t8-,9?,11+,12+/m0/s1. The summed E-state index contributed by atoms with van der Waals surface area (Å²) in [5.74, 6) is -0.396. The second-order valence-electron chi connectivity index (χ2n) is 7.36. The lowest BCUT2D eigenvalue weighted by Crippen LogP contribution is -2.51. The number of anilines is 1. The van der Waals surface area contributed by atoms with E-state index in [9.17, 15) is 37.8 Å². The number of rotatable bonds is 9. The Morgan fingerprint density at radius 2 is 1.89 bits per heavy atom. The van der Waals surface area contributed by atoms with Crippen molar-refractivity contribution in [3.8, 4) is 0 Å². The van der Waals surface area contributed by atoms with Gasteiger partial charge in [0.2, 0.25) is 5.95 Å². The first kappa shape index (κ1) is 27.9. The van der Waals surface area contributed by atoms with Gasteiger partial charge in [-0.2, -0.15) is 13.6 Å². The van der Waals surface area contributed by atoms with Crippen LogP contribution in [0.2, 0.25) is 0 Å². The maximum absolute atomic E-state index is 15.6. The van der Waals surface area contributed by atoms with Crippen molar-refractivity contribution in [1.82, 2.24) is 19.5 Å². The van der Waals surface area contributed by atoms with Gasteiger partial charge in [0.05, 0.1) is 12.9 Å². The molecule has 1 aliphatic heterocycles. The van der Waals surface area contributed by atoms with Gasteiger partial charge in [-0.3, -0.25) is 18.9 Å². The predicted octanol–water partition coefficient (Wildman–Crippen LogP) is -0.629. The fourth-order valence-electron chi connectivity index (χ4n) is 3.25. The monoisotopic (exact) mass is 571 g/mol. The fraction of sp³-hybridized carbons (Fsp3) is 0.583. The van der Waals surface area contributed by atoms with Gasteiger partial charge in [0.1, 0.15) is 12.8 Å². The van der Waals surface area contributed by atoms with Gasteiger partial charge >= 0.3 is 23.5 Å². The van der Waals surface area contributed by atoms with Gasteiger partial charge in [-0.25, -0.2) is 27.5 Å². The smallest absolute Gasteiger partial charge is 0.386 e. The van der Waals surface area contributed by atoms with Crippen molar-refractivity contribution >= 4 is 40.6 Å². The number of nitrogen functional groups attached to an aromatic ring is 1. The summed E-state index contributed by atoms with van der Waals surface area (Å²) in [6.45, 7) is -2.50. The van der Waals surface area contributed by atoms with Crippen molar-refractivity contribution in [3.05, 3.63) is 16.7 Å². The molecule has 198 valence electrons. The van der Waals surface area contributed by atoms with Crippen LogP contribution in [0.5, 0.6) is 0 Å². The summed E-state index contributed by atoms with van der Waals surface area (Å²) in [7, 11) is -17.3. The molecule has 0 amide bonds. The number of nitrogens with two attached hydrogens (primary N) is 1. The van der Waals surface area contributed by atoms with E-state index in [2.05, 4.69) is 28.1 Å². The molecule has 0 spiro atoms. The average molecular weight is 571 g/mol. The van der Waals surface area contributed by atoms with Crippen LogP contribution in [0.15, 0.2) is 11.1 Å². The average Bonchev–Trinajstić information content (AvgIpc) is 3.16. The maximum Gasteiger partial charge on any atom is 0.490 e. The normalized spacial score (nSPS) is 30.9. The molecule has 6 atom stereocenters. The molecule has 0 saturated carbocycles. The Bertz CT molecular complexity index is 1330. The summed E-state index contributed by atoms with van der Waals surface area (Å²) in [4.78, 5) is 57.5. The molecular formula is C12H18F2N5O13P3. The number of aliphatic hydroxyl groups is 1. The molecule has 3 heterocycles. The zero-order chi connectivity index (χ0) is 26.6. The van der Waals surface area contributed by atoms with E-state index >= 15 is 4.39 Å². The second-order valence-corrected chi connectivity index (χ2v) is 11.8. The molecule has 3 unspecified atom stereocenters. The van der Waals surface area contributed by atoms with Crippen LogP contribution < -0.4 is 11.3 Å². The number of H-pyrrole nitrogens is 1. The van der Waals surface area contributed by atoms with Gasteiger partial charge in [0.15, 0.2) is 28.7 Å². The van der Waals surface area contributed by atoms with Crippen LogP contribution in [0, 0.1) is 0 Å². The van der Waals surface area contributed by atoms with Crippen molar-refractivity contribution in [1.29, 1.82) is 0 Å². The lowest BCUT2D eigenvalue weighted by molar-refractivity contribution is -0.134. The number of ether oxygens (including phenoxy) is 1. The van der Waals surface area contributed by atoms with Gasteiger partial charge in [0, 0.05) is 0 Å². The zero-order valence-electron chi connectivity index (χ0n) is 17.2. The van der Waals surface area contributed by atoms with E-state index in [1.54, 1.807) is 0 Å². The molecule has 3 rings (SSSR count). The van der Waals surface area contributed by atoms with Gasteiger partial charge in [-0.1, -0.05) is 0 Å². The topological polar surface area (TPSA) is 279 Å². The molecule has 23 heteroatoms. The Hall–Kier alpha value is -1.66. The number of nitrogens with one attached hydrogen (secondary N) is 1. The van der Waals surface area contributed by atoms with Gasteiger partial charge < -0.3 is 35.2 Å². The van der Waals surface area contributed by atoms with Crippen LogP contribution in [0.3, 0.4) is 0 Å². The number of imidazole rings is 1. The van der Waals surface area contributed by atoms with Gasteiger partial charge in [-0.05, 0) is 6.92 Å². The summed E-state index contributed by atoms with van der Waals surface area (Å²) in [5, 5.41) is 10.5. The molecule has 2 aromatic rings. The number of phosphoric ester groups is 1. The lowest BCUT2D eigenvalue weighted by atomic mass is 9.90. The molecule has 8 N–H and O–H groups in total. The van der Waals surface area contributed by atoms with Crippen molar-refractivity contribution < 1.29 is 65.0 Å². The number of halogens is 2. The van der Waals surface area contributed by atoms with Crippen molar-refractivity contribution in [2.75, 3.05) is 19.0 Å². The summed E-state index contributed by atoms with van der Waals surface area (Å²) in [6, 6.07) is 0. The van der Waals surface area contributed by atoms with Gasteiger partial charge in [-0.15, -0.1) is 0 Å². The van der Waals surface area contributed by atoms with Gasteiger partial charge in [0.25, 0.3) is 5.56 Å². The number of hydrogen-bond donors (Lipinski definition) is 7. The van der Waals surface area contributed by atoms with E-state index in [1.807, 2.05) is 0 Å². The van der Waals surface area contributed by atoms with Crippen molar-refractivity contribution in [3.63, 3.8) is 0 Å². The Morgan fingerprint density at radius 3 is 2.46 bits per heavy atom. The van der Waals surface area contributed by atoms with Crippen molar-refractivity contribution in [2.45, 2.75) is 30.5 Å². The largest absolute Gasteiger partial charge is 0.490 e. The molecule has 35 heavy (non-hydrogen) atoms. The van der Waals surface area contributed by atoms with E-state index in [1.165, 1.54) is 0 Å². The molecule has 18 nitrogen and oxygen atoms in total. The highest BCUT2D eigenvalue weighted by molar-refractivity contribution is 7.66. The third-order valence-electron chi connectivity index (χ3n) is 4.68. The van der Waals surface area contributed by atoms with Crippen LogP contribution in [-0.4, -0.2) is 74.9 Å². The lowest BCUT2D eigenvalue weighted by Gasteiger charge is -2.30.